The second-order valence-electron chi connectivity index (χ2n) is 10.0. The van der Waals surface area contributed by atoms with Crippen LogP contribution in [0.4, 0.5) is 23.2 Å². The van der Waals surface area contributed by atoms with Gasteiger partial charge < -0.3 is 15.6 Å². The van der Waals surface area contributed by atoms with Gasteiger partial charge >= 0.3 is 5.97 Å². The van der Waals surface area contributed by atoms with Crippen LogP contribution in [-0.2, 0) is 4.79 Å². The van der Waals surface area contributed by atoms with Crippen LogP contribution >= 0.6 is 11.6 Å². The zero-order valence-corrected chi connectivity index (χ0v) is 20.4. The molecule has 198 valence electrons. The Balaban J connectivity index is 1.49. The van der Waals surface area contributed by atoms with E-state index in [1.807, 2.05) is 0 Å². The Kier molecular flexibility index (Phi) is 6.54. The summed E-state index contributed by atoms with van der Waals surface area (Å²) in [5, 5.41) is 24.3. The van der Waals surface area contributed by atoms with Crippen LogP contribution in [0.15, 0.2) is 48.7 Å². The number of halogens is 5. The average Bonchev–Trinajstić information content (AvgIpc) is 2.79. The van der Waals surface area contributed by atoms with Crippen molar-refractivity contribution in [3.05, 3.63) is 87.3 Å². The van der Waals surface area contributed by atoms with Gasteiger partial charge in [-0.15, -0.1) is 0 Å². The van der Waals surface area contributed by atoms with Gasteiger partial charge in [0.05, 0.1) is 16.1 Å². The van der Waals surface area contributed by atoms with Crippen molar-refractivity contribution in [1.82, 2.24) is 0 Å². The first kappa shape index (κ1) is 26.0. The van der Waals surface area contributed by atoms with E-state index in [2.05, 4.69) is 5.32 Å². The molecule has 1 atom stereocenters. The van der Waals surface area contributed by atoms with Crippen LogP contribution in [0, 0.1) is 28.2 Å². The van der Waals surface area contributed by atoms with Crippen LogP contribution < -0.4 is 10.0 Å². The third-order valence-electron chi connectivity index (χ3n) is 7.54. The number of carboxylic acid groups (broad SMARTS) is 1. The Hall–Kier alpha value is -3.66. The molecule has 1 aromatic heterocycles. The molecule has 0 aliphatic heterocycles. The summed E-state index contributed by atoms with van der Waals surface area (Å²) in [5.41, 5.74) is -1.89. The van der Waals surface area contributed by atoms with E-state index in [0.29, 0.717) is 17.1 Å². The maximum atomic E-state index is 14.8. The predicted molar refractivity (Wildman–Crippen MR) is 130 cm³/mol. The van der Waals surface area contributed by atoms with Crippen molar-refractivity contribution in [2.45, 2.75) is 38.0 Å². The van der Waals surface area contributed by atoms with Gasteiger partial charge in [0.1, 0.15) is 17.6 Å². The highest BCUT2D eigenvalue weighted by Gasteiger charge is 2.58. The predicted octanol–water partition coefficient (Wildman–Crippen LogP) is 6.47. The molecule has 0 radical (unpaired) electrons. The van der Waals surface area contributed by atoms with E-state index in [4.69, 9.17) is 16.7 Å². The number of hydrogen-bond acceptors (Lipinski definition) is 3. The minimum absolute atomic E-state index is 0.0109. The van der Waals surface area contributed by atoms with E-state index in [-0.39, 0.29) is 27.4 Å². The maximum absolute atomic E-state index is 14.8. The molecule has 0 spiro atoms. The molecule has 2 bridgehead atoms. The van der Waals surface area contributed by atoms with Gasteiger partial charge in [0.15, 0.2) is 6.20 Å². The number of carbonyl (C=O) groups excluding carboxylic acids is 1. The van der Waals surface area contributed by atoms with Crippen LogP contribution in [0.5, 0.6) is 0 Å². The molecule has 38 heavy (non-hydrogen) atoms. The van der Waals surface area contributed by atoms with Crippen LogP contribution in [-0.4, -0.2) is 17.0 Å². The van der Waals surface area contributed by atoms with Gasteiger partial charge in [0.25, 0.3) is 6.43 Å². The lowest BCUT2D eigenvalue weighted by Crippen LogP contribution is -2.53. The summed E-state index contributed by atoms with van der Waals surface area (Å²) < 4.78 is 56.4. The molecule has 3 aliphatic carbocycles. The molecule has 1 heterocycles. The minimum atomic E-state index is -3.02. The number of nitrogens with one attached hydrogen (secondary N) is 1. The van der Waals surface area contributed by atoms with Gasteiger partial charge in [0, 0.05) is 22.9 Å². The van der Waals surface area contributed by atoms with Crippen LogP contribution in [0.2, 0.25) is 5.02 Å². The van der Waals surface area contributed by atoms with Crippen molar-refractivity contribution < 1.29 is 37.0 Å². The number of aromatic nitrogens is 1. The molecule has 1 amide bonds. The number of aromatic carboxylic acids is 1. The number of anilines is 1. The molecule has 2 N–H and O–H groups in total. The third kappa shape index (κ3) is 4.57. The van der Waals surface area contributed by atoms with E-state index < -0.39 is 52.5 Å². The fourth-order valence-electron chi connectivity index (χ4n) is 5.62. The molecular weight excluding hydrogens is 528 g/mol. The first-order chi connectivity index (χ1) is 18.0. The first-order valence-electron chi connectivity index (χ1n) is 11.8. The Morgan fingerprint density at radius 1 is 1.13 bits per heavy atom. The van der Waals surface area contributed by atoms with Gasteiger partial charge in [-0.05, 0) is 67.3 Å². The molecule has 1 unspecified atom stereocenters. The van der Waals surface area contributed by atoms with Crippen LogP contribution in [0.1, 0.15) is 59.6 Å². The summed E-state index contributed by atoms with van der Waals surface area (Å²) in [5.74, 6) is -4.59. The molecular formula is C27H21ClF4N2O4. The highest BCUT2D eigenvalue weighted by atomic mass is 35.5. The third-order valence-corrected chi connectivity index (χ3v) is 7.83. The molecule has 6 nitrogen and oxygen atoms in total. The van der Waals surface area contributed by atoms with Crippen molar-refractivity contribution in [1.29, 1.82) is 0 Å². The van der Waals surface area contributed by atoms with Gasteiger partial charge in [0.2, 0.25) is 11.6 Å². The van der Waals surface area contributed by atoms with Gasteiger partial charge in [-0.1, -0.05) is 17.7 Å². The smallest absolute Gasteiger partial charge is 0.338 e. The SMILES string of the molecule is O=C(O)c1ccc(NC(=O)C(CC23CC(C2)C3)c2ccc(-c3c(C(F)F)ccc(Cl)c3F)c[n+]2[O-])cc1F. The Morgan fingerprint density at radius 2 is 1.84 bits per heavy atom. The largest absolute Gasteiger partial charge is 0.618 e. The first-order valence-corrected chi connectivity index (χ1v) is 12.2. The number of amides is 1. The fraction of sp³-hybridized carbons (Fsp3) is 0.296. The lowest BCUT2D eigenvalue weighted by atomic mass is 9.42. The second-order valence-corrected chi connectivity index (χ2v) is 10.4. The number of benzene rings is 2. The molecule has 2 aromatic carbocycles. The van der Waals surface area contributed by atoms with E-state index >= 15 is 0 Å². The number of nitrogens with zero attached hydrogens (tertiary/aromatic N) is 1. The van der Waals surface area contributed by atoms with Crippen molar-refractivity contribution in [2.75, 3.05) is 5.32 Å². The summed E-state index contributed by atoms with van der Waals surface area (Å²) in [4.78, 5) is 24.4. The minimum Gasteiger partial charge on any atom is -0.618 e. The zero-order valence-electron chi connectivity index (χ0n) is 19.7. The Morgan fingerprint density at radius 3 is 2.39 bits per heavy atom. The number of hydrogen-bond donors (Lipinski definition) is 2. The Bertz CT molecular complexity index is 1450. The monoisotopic (exact) mass is 548 g/mol. The summed E-state index contributed by atoms with van der Waals surface area (Å²) in [7, 11) is 0. The number of alkyl halides is 2. The second kappa shape index (κ2) is 9.58. The maximum Gasteiger partial charge on any atom is 0.338 e. The molecule has 3 fully saturated rings. The van der Waals surface area contributed by atoms with E-state index in [1.165, 1.54) is 18.2 Å². The Labute approximate surface area is 219 Å². The zero-order chi connectivity index (χ0) is 27.4. The quantitative estimate of drug-likeness (QED) is 0.192. The lowest BCUT2D eigenvalue weighted by Gasteiger charge is -2.62. The van der Waals surface area contributed by atoms with Crippen LogP contribution in [0.3, 0.4) is 0 Å². The number of rotatable bonds is 8. The van der Waals surface area contributed by atoms with E-state index in [9.17, 15) is 32.4 Å². The summed E-state index contributed by atoms with van der Waals surface area (Å²) >= 11 is 5.80. The molecule has 3 aromatic rings. The van der Waals surface area contributed by atoms with Crippen molar-refractivity contribution in [2.24, 2.45) is 11.3 Å². The average molecular weight is 549 g/mol. The standard InChI is InChI=1S/C27H21ClF4N2O4/c28-19-5-4-17(24(31)32)22(23(19)30)14-1-6-21(34(38)12-14)18(11-27-8-13(9-27)10-27)25(35)33-15-2-3-16(26(36)37)20(29)7-15/h1-7,12-13,18,24H,8-11H2,(H,33,35)(H,36,37). The molecule has 11 heteroatoms. The summed E-state index contributed by atoms with van der Waals surface area (Å²) in [6, 6.07) is 7.72. The topological polar surface area (TPSA) is 93.3 Å². The number of pyridine rings is 1. The van der Waals surface area contributed by atoms with E-state index in [1.54, 1.807) is 0 Å². The summed E-state index contributed by atoms with van der Waals surface area (Å²) in [6.45, 7) is 0. The highest BCUT2D eigenvalue weighted by molar-refractivity contribution is 6.31. The van der Waals surface area contributed by atoms with Gasteiger partial charge in [-0.2, -0.15) is 4.73 Å². The molecule has 3 aliphatic rings. The summed E-state index contributed by atoms with van der Waals surface area (Å²) in [6.07, 6.45) is 0.996. The van der Waals surface area contributed by atoms with Crippen molar-refractivity contribution in [3.63, 3.8) is 0 Å². The lowest BCUT2D eigenvalue weighted by molar-refractivity contribution is -0.614. The van der Waals surface area contributed by atoms with Gasteiger partial charge in [-0.3, -0.25) is 4.79 Å². The number of carbonyl (C=O) groups is 2. The van der Waals surface area contributed by atoms with Crippen LogP contribution in [0.25, 0.3) is 11.1 Å². The normalized spacial score (nSPS) is 20.4. The van der Waals surface area contributed by atoms with Crippen molar-refractivity contribution in [3.8, 4) is 11.1 Å². The number of carboxylic acids is 1. The highest BCUT2D eigenvalue weighted by Crippen LogP contribution is 2.67. The van der Waals surface area contributed by atoms with E-state index in [0.717, 1.165) is 49.7 Å². The van der Waals surface area contributed by atoms with Crippen molar-refractivity contribution >= 4 is 29.2 Å². The molecule has 3 saturated carbocycles. The molecule has 0 saturated heterocycles. The molecule has 6 rings (SSSR count). The fourth-order valence-corrected chi connectivity index (χ4v) is 5.78. The van der Waals surface area contributed by atoms with Gasteiger partial charge in [-0.25, -0.2) is 22.4 Å².